The predicted octanol–water partition coefficient (Wildman–Crippen LogP) is 2.13. The average molecular weight is 264 g/mol. The number of likely N-dealkylation sites (N-methyl/N-ethyl adjacent to an activating group) is 1. The van der Waals surface area contributed by atoms with Crippen molar-refractivity contribution in [1.82, 2.24) is 4.90 Å². The molecule has 102 valence electrons. The number of aromatic carboxylic acids is 1. The summed E-state index contributed by atoms with van der Waals surface area (Å²) in [5.74, 6) is -1.43. The van der Waals surface area contributed by atoms with Gasteiger partial charge in [-0.3, -0.25) is 0 Å². The van der Waals surface area contributed by atoms with Gasteiger partial charge in [0.05, 0.1) is 11.3 Å². The zero-order chi connectivity index (χ0) is 14.4. The Balaban J connectivity index is 2.85. The van der Waals surface area contributed by atoms with Gasteiger partial charge in [-0.1, -0.05) is 6.08 Å². The molecule has 0 atom stereocenters. The molecule has 3 N–H and O–H groups in total. The number of nitrogens with zero attached hydrogens (tertiary/aromatic N) is 1. The van der Waals surface area contributed by atoms with Crippen molar-refractivity contribution in [2.75, 3.05) is 18.4 Å². The van der Waals surface area contributed by atoms with Gasteiger partial charge in [-0.15, -0.1) is 6.58 Å². The van der Waals surface area contributed by atoms with Crippen molar-refractivity contribution in [3.05, 3.63) is 36.4 Å². The third-order valence-electron chi connectivity index (χ3n) is 2.50. The molecule has 0 saturated heterocycles. The van der Waals surface area contributed by atoms with Gasteiger partial charge in [-0.05, 0) is 25.1 Å². The van der Waals surface area contributed by atoms with Crippen LogP contribution in [0.2, 0.25) is 0 Å². The highest BCUT2D eigenvalue weighted by molar-refractivity contribution is 5.93. The van der Waals surface area contributed by atoms with Crippen molar-refractivity contribution in [3.8, 4) is 5.75 Å². The number of hydrogen-bond acceptors (Lipinski definition) is 3. The monoisotopic (exact) mass is 264 g/mol. The van der Waals surface area contributed by atoms with Crippen molar-refractivity contribution in [2.45, 2.75) is 6.92 Å². The van der Waals surface area contributed by atoms with E-state index in [0.29, 0.717) is 13.1 Å². The summed E-state index contributed by atoms with van der Waals surface area (Å²) < 4.78 is 0. The molecule has 0 aromatic heterocycles. The topological polar surface area (TPSA) is 89.9 Å². The largest absolute Gasteiger partial charge is 0.506 e. The molecule has 0 aliphatic heterocycles. The highest BCUT2D eigenvalue weighted by Crippen LogP contribution is 2.24. The zero-order valence-electron chi connectivity index (χ0n) is 10.6. The van der Waals surface area contributed by atoms with Gasteiger partial charge in [-0.2, -0.15) is 0 Å². The number of phenolic OH excluding ortho intramolecular Hbond substituents is 1. The van der Waals surface area contributed by atoms with E-state index in [1.54, 1.807) is 6.08 Å². The first-order valence-electron chi connectivity index (χ1n) is 5.72. The molecule has 0 fully saturated rings. The third kappa shape index (κ3) is 3.74. The van der Waals surface area contributed by atoms with Crippen molar-refractivity contribution in [3.63, 3.8) is 0 Å². The summed E-state index contributed by atoms with van der Waals surface area (Å²) >= 11 is 0. The minimum atomic E-state index is -1.14. The Morgan fingerprint density at radius 2 is 2.16 bits per heavy atom. The Labute approximate surface area is 111 Å². The number of carboxylic acid groups (broad SMARTS) is 1. The molecule has 1 rings (SSSR count). The first kappa shape index (κ1) is 14.6. The van der Waals surface area contributed by atoms with E-state index in [9.17, 15) is 14.7 Å². The molecule has 0 spiro atoms. The smallest absolute Gasteiger partial charge is 0.335 e. The fourth-order valence-electron chi connectivity index (χ4n) is 1.48. The summed E-state index contributed by atoms with van der Waals surface area (Å²) in [7, 11) is 0. The number of anilines is 1. The maximum Gasteiger partial charge on any atom is 0.335 e. The van der Waals surface area contributed by atoms with Crippen LogP contribution in [-0.4, -0.2) is 40.2 Å². The van der Waals surface area contributed by atoms with Gasteiger partial charge in [0.15, 0.2) is 0 Å². The first-order valence-corrected chi connectivity index (χ1v) is 5.72. The lowest BCUT2D eigenvalue weighted by molar-refractivity contribution is 0.0696. The van der Waals surface area contributed by atoms with Crippen LogP contribution in [0.25, 0.3) is 0 Å². The SMILES string of the molecule is C=CCN(CC)C(=O)Nc1ccc(C(=O)O)cc1O. The summed E-state index contributed by atoms with van der Waals surface area (Å²) in [6, 6.07) is 3.35. The number of hydrogen-bond donors (Lipinski definition) is 3. The number of phenols is 1. The highest BCUT2D eigenvalue weighted by atomic mass is 16.4. The van der Waals surface area contributed by atoms with Crippen LogP contribution >= 0.6 is 0 Å². The Kier molecular flexibility index (Phi) is 4.93. The summed E-state index contributed by atoms with van der Waals surface area (Å²) in [6.45, 7) is 6.24. The fraction of sp³-hybridized carbons (Fsp3) is 0.231. The van der Waals surface area contributed by atoms with Crippen molar-refractivity contribution in [1.29, 1.82) is 0 Å². The van der Waals surface area contributed by atoms with Crippen LogP contribution in [0.1, 0.15) is 17.3 Å². The minimum Gasteiger partial charge on any atom is -0.506 e. The predicted molar refractivity (Wildman–Crippen MR) is 71.5 cm³/mol. The van der Waals surface area contributed by atoms with E-state index < -0.39 is 5.97 Å². The number of rotatable bonds is 5. The van der Waals surface area contributed by atoms with Gasteiger partial charge >= 0.3 is 12.0 Å². The number of nitrogens with one attached hydrogen (secondary N) is 1. The van der Waals surface area contributed by atoms with Gasteiger partial charge in [0.1, 0.15) is 5.75 Å². The zero-order valence-corrected chi connectivity index (χ0v) is 10.6. The van der Waals surface area contributed by atoms with Gasteiger partial charge in [0.2, 0.25) is 0 Å². The molecule has 6 nitrogen and oxygen atoms in total. The van der Waals surface area contributed by atoms with Gasteiger partial charge in [-0.25, -0.2) is 9.59 Å². The Bertz CT molecular complexity index is 499. The third-order valence-corrected chi connectivity index (χ3v) is 2.50. The van der Waals surface area contributed by atoms with Crippen molar-refractivity contribution in [2.24, 2.45) is 0 Å². The average Bonchev–Trinajstić information content (AvgIpc) is 2.37. The first-order chi connectivity index (χ1) is 8.99. The lowest BCUT2D eigenvalue weighted by atomic mass is 10.2. The molecule has 6 heteroatoms. The van der Waals surface area contributed by atoms with E-state index in [2.05, 4.69) is 11.9 Å². The summed E-state index contributed by atoms with van der Waals surface area (Å²) in [5, 5.41) is 20.9. The van der Waals surface area contributed by atoms with E-state index in [0.717, 1.165) is 6.07 Å². The second-order valence-electron chi connectivity index (χ2n) is 3.79. The molecule has 1 aromatic rings. The van der Waals surface area contributed by atoms with Crippen LogP contribution in [0.4, 0.5) is 10.5 Å². The van der Waals surface area contributed by atoms with E-state index in [4.69, 9.17) is 5.11 Å². The molecule has 0 aliphatic rings. The van der Waals surface area contributed by atoms with Crippen LogP contribution in [0.5, 0.6) is 5.75 Å². The standard InChI is InChI=1S/C13H16N2O4/c1-3-7-15(4-2)13(19)14-10-6-5-9(12(17)18)8-11(10)16/h3,5-6,8,16H,1,4,7H2,2H3,(H,14,19)(H,17,18). The molecular formula is C13H16N2O4. The Morgan fingerprint density at radius 1 is 1.47 bits per heavy atom. The molecule has 19 heavy (non-hydrogen) atoms. The highest BCUT2D eigenvalue weighted by Gasteiger charge is 2.13. The lowest BCUT2D eigenvalue weighted by Crippen LogP contribution is -2.34. The Hall–Kier alpha value is -2.50. The molecule has 0 radical (unpaired) electrons. The number of carbonyl (C=O) groups excluding carboxylic acids is 1. The van der Waals surface area contributed by atoms with Crippen molar-refractivity contribution < 1.29 is 19.8 Å². The van der Waals surface area contributed by atoms with Crippen molar-refractivity contribution >= 4 is 17.7 Å². The number of carbonyl (C=O) groups is 2. The minimum absolute atomic E-state index is 0.0473. The van der Waals surface area contributed by atoms with Crippen LogP contribution in [0.3, 0.4) is 0 Å². The Morgan fingerprint density at radius 3 is 2.63 bits per heavy atom. The molecule has 0 bridgehead atoms. The summed E-state index contributed by atoms with van der Waals surface area (Å²) in [6.07, 6.45) is 1.59. The van der Waals surface area contributed by atoms with Crippen LogP contribution in [0, 0.1) is 0 Å². The van der Waals surface area contributed by atoms with E-state index in [-0.39, 0.29) is 23.0 Å². The van der Waals surface area contributed by atoms with Crippen LogP contribution < -0.4 is 5.32 Å². The molecule has 0 aliphatic carbocycles. The fourth-order valence-corrected chi connectivity index (χ4v) is 1.48. The van der Waals surface area contributed by atoms with E-state index >= 15 is 0 Å². The lowest BCUT2D eigenvalue weighted by Gasteiger charge is -2.19. The maximum absolute atomic E-state index is 11.8. The number of urea groups is 1. The van der Waals surface area contributed by atoms with Crippen LogP contribution in [-0.2, 0) is 0 Å². The molecule has 0 heterocycles. The molecule has 0 unspecified atom stereocenters. The molecular weight excluding hydrogens is 248 g/mol. The number of benzene rings is 1. The van der Waals surface area contributed by atoms with Crippen LogP contribution in [0.15, 0.2) is 30.9 Å². The summed E-state index contributed by atoms with van der Waals surface area (Å²) in [4.78, 5) is 24.0. The van der Waals surface area contributed by atoms with Gasteiger partial charge in [0, 0.05) is 13.1 Å². The van der Waals surface area contributed by atoms with Gasteiger partial charge < -0.3 is 20.4 Å². The maximum atomic E-state index is 11.8. The van der Waals surface area contributed by atoms with Gasteiger partial charge in [0.25, 0.3) is 0 Å². The quantitative estimate of drug-likeness (QED) is 0.561. The molecule has 1 aromatic carbocycles. The molecule has 2 amide bonds. The second kappa shape index (κ2) is 6.44. The summed E-state index contributed by atoms with van der Waals surface area (Å²) in [5.41, 5.74) is 0.117. The number of aromatic hydroxyl groups is 1. The normalized spacial score (nSPS) is 9.74. The van der Waals surface area contributed by atoms with E-state index in [1.807, 2.05) is 6.92 Å². The number of carboxylic acids is 1. The van der Waals surface area contributed by atoms with E-state index in [1.165, 1.54) is 17.0 Å². The number of amides is 2. The second-order valence-corrected chi connectivity index (χ2v) is 3.79. The molecule has 0 saturated carbocycles.